The van der Waals surface area contributed by atoms with Crippen molar-refractivity contribution >= 4 is 11.8 Å². The predicted octanol–water partition coefficient (Wildman–Crippen LogP) is 3.20. The van der Waals surface area contributed by atoms with Crippen LogP contribution in [0.5, 0.6) is 0 Å². The zero-order valence-corrected chi connectivity index (χ0v) is 9.83. The molecule has 0 radical (unpaired) electrons. The number of hydrogen-bond acceptors (Lipinski definition) is 2. The van der Waals surface area contributed by atoms with E-state index in [1.807, 2.05) is 17.8 Å². The Morgan fingerprint density at radius 1 is 1.31 bits per heavy atom. The molecular formula is C11H23NS. The summed E-state index contributed by atoms with van der Waals surface area (Å²) in [6.45, 7) is 7.87. The summed E-state index contributed by atoms with van der Waals surface area (Å²) in [5, 5.41) is 0. The van der Waals surface area contributed by atoms with Gasteiger partial charge in [-0.05, 0) is 38.9 Å². The summed E-state index contributed by atoms with van der Waals surface area (Å²) in [5.41, 5.74) is 5.86. The quantitative estimate of drug-likeness (QED) is 0.482. The molecule has 2 heteroatoms. The van der Waals surface area contributed by atoms with Gasteiger partial charge in [-0.15, -0.1) is 6.58 Å². The van der Waals surface area contributed by atoms with Gasteiger partial charge in [-0.1, -0.05) is 12.5 Å². The average molecular weight is 201 g/mol. The van der Waals surface area contributed by atoms with Crippen molar-refractivity contribution in [2.45, 2.75) is 45.1 Å². The lowest BCUT2D eigenvalue weighted by Crippen LogP contribution is -2.34. The number of allylic oxidation sites excluding steroid dienone is 1. The van der Waals surface area contributed by atoms with Crippen LogP contribution >= 0.6 is 11.8 Å². The maximum atomic E-state index is 5.86. The number of nitrogens with two attached hydrogens (primary N) is 1. The predicted molar refractivity (Wildman–Crippen MR) is 64.3 cm³/mol. The van der Waals surface area contributed by atoms with Gasteiger partial charge in [-0.25, -0.2) is 0 Å². The van der Waals surface area contributed by atoms with Gasteiger partial charge in [-0.3, -0.25) is 0 Å². The molecule has 0 amide bonds. The van der Waals surface area contributed by atoms with Crippen molar-refractivity contribution in [1.29, 1.82) is 0 Å². The molecule has 0 fully saturated rings. The fourth-order valence-corrected chi connectivity index (χ4v) is 2.08. The Bertz CT molecular complexity index is 127. The second-order valence-electron chi connectivity index (χ2n) is 4.18. The Morgan fingerprint density at radius 2 is 2.00 bits per heavy atom. The van der Waals surface area contributed by atoms with Crippen molar-refractivity contribution in [2.24, 2.45) is 5.73 Å². The minimum absolute atomic E-state index is 0.00815. The smallest absolute Gasteiger partial charge is 0.0188 e. The highest BCUT2D eigenvalue weighted by Gasteiger charge is 2.09. The summed E-state index contributed by atoms with van der Waals surface area (Å²) in [6.07, 6.45) is 7.08. The van der Waals surface area contributed by atoms with E-state index >= 15 is 0 Å². The monoisotopic (exact) mass is 201 g/mol. The molecule has 0 aliphatic rings. The Morgan fingerprint density at radius 3 is 2.54 bits per heavy atom. The molecule has 0 unspecified atom stereocenters. The Labute approximate surface area is 87.2 Å². The normalized spacial score (nSPS) is 11.6. The van der Waals surface area contributed by atoms with Gasteiger partial charge in [0.15, 0.2) is 0 Å². The topological polar surface area (TPSA) is 26.0 Å². The Hall–Kier alpha value is 0.0500. The van der Waals surface area contributed by atoms with Crippen LogP contribution in [0.3, 0.4) is 0 Å². The lowest BCUT2D eigenvalue weighted by Gasteiger charge is -2.17. The third-order valence-corrected chi connectivity index (χ3v) is 3.20. The first kappa shape index (κ1) is 13.1. The van der Waals surface area contributed by atoms with Gasteiger partial charge in [0.05, 0.1) is 0 Å². The van der Waals surface area contributed by atoms with Crippen LogP contribution in [0.1, 0.15) is 39.5 Å². The molecule has 0 atom stereocenters. The van der Waals surface area contributed by atoms with Crippen molar-refractivity contribution in [1.82, 2.24) is 0 Å². The molecule has 0 aromatic rings. The summed E-state index contributed by atoms with van der Waals surface area (Å²) < 4.78 is 0. The number of rotatable bonds is 8. The summed E-state index contributed by atoms with van der Waals surface area (Å²) in [6, 6.07) is 0. The largest absolute Gasteiger partial charge is 0.325 e. The van der Waals surface area contributed by atoms with Crippen LogP contribution in [-0.2, 0) is 0 Å². The third-order valence-electron chi connectivity index (χ3n) is 1.67. The average Bonchev–Trinajstić information content (AvgIpc) is 2.01. The molecular weight excluding hydrogens is 178 g/mol. The second kappa shape index (κ2) is 7.45. The summed E-state index contributed by atoms with van der Waals surface area (Å²) >= 11 is 1.97. The third kappa shape index (κ3) is 12.1. The minimum atomic E-state index is -0.00815. The number of thioether (sulfide) groups is 1. The van der Waals surface area contributed by atoms with Gasteiger partial charge in [0.1, 0.15) is 0 Å². The Balaban J connectivity index is 3.04. The lowest BCUT2D eigenvalue weighted by molar-refractivity contribution is 0.590. The van der Waals surface area contributed by atoms with E-state index in [2.05, 4.69) is 20.4 Å². The zero-order chi connectivity index (χ0) is 10.2. The van der Waals surface area contributed by atoms with Crippen LogP contribution in [0.2, 0.25) is 0 Å². The lowest BCUT2D eigenvalue weighted by atomic mass is 10.1. The van der Waals surface area contributed by atoms with Gasteiger partial charge in [0.25, 0.3) is 0 Å². The maximum absolute atomic E-state index is 5.86. The van der Waals surface area contributed by atoms with E-state index in [9.17, 15) is 0 Å². The molecule has 2 N–H and O–H groups in total. The summed E-state index contributed by atoms with van der Waals surface area (Å²) in [7, 11) is 0. The highest BCUT2D eigenvalue weighted by molar-refractivity contribution is 7.99. The van der Waals surface area contributed by atoms with Crippen molar-refractivity contribution in [3.8, 4) is 0 Å². The molecule has 0 spiro atoms. The first-order chi connectivity index (χ1) is 6.06. The van der Waals surface area contributed by atoms with Crippen LogP contribution in [0.4, 0.5) is 0 Å². The van der Waals surface area contributed by atoms with E-state index in [0.29, 0.717) is 0 Å². The maximum Gasteiger partial charge on any atom is 0.0188 e. The fraction of sp³-hybridized carbons (Fsp3) is 0.818. The SMILES string of the molecule is C=CCCCCCSCC(C)(C)N. The van der Waals surface area contributed by atoms with E-state index in [1.54, 1.807) is 0 Å². The molecule has 0 aromatic heterocycles. The molecule has 0 aliphatic carbocycles. The first-order valence-corrected chi connectivity index (χ1v) is 6.19. The van der Waals surface area contributed by atoms with E-state index in [0.717, 1.165) is 12.2 Å². The number of unbranched alkanes of at least 4 members (excludes halogenated alkanes) is 3. The standard InChI is InChI=1S/C11H23NS/c1-4-5-6-7-8-9-13-10-11(2,3)12/h4H,1,5-10,12H2,2-3H3. The van der Waals surface area contributed by atoms with E-state index in [4.69, 9.17) is 5.73 Å². The van der Waals surface area contributed by atoms with Crippen molar-refractivity contribution in [2.75, 3.05) is 11.5 Å². The molecule has 0 heterocycles. The molecule has 0 saturated carbocycles. The van der Waals surface area contributed by atoms with Crippen LogP contribution in [0.15, 0.2) is 12.7 Å². The van der Waals surface area contributed by atoms with E-state index < -0.39 is 0 Å². The molecule has 0 rings (SSSR count). The molecule has 78 valence electrons. The number of hydrogen-bond donors (Lipinski definition) is 1. The van der Waals surface area contributed by atoms with Gasteiger partial charge >= 0.3 is 0 Å². The second-order valence-corrected chi connectivity index (χ2v) is 5.28. The molecule has 0 bridgehead atoms. The first-order valence-electron chi connectivity index (χ1n) is 5.04. The molecule has 13 heavy (non-hydrogen) atoms. The summed E-state index contributed by atoms with van der Waals surface area (Å²) in [5.74, 6) is 2.31. The van der Waals surface area contributed by atoms with E-state index in [-0.39, 0.29) is 5.54 Å². The molecule has 0 saturated heterocycles. The van der Waals surface area contributed by atoms with Crippen LogP contribution in [-0.4, -0.2) is 17.0 Å². The molecule has 0 aromatic carbocycles. The molecule has 1 nitrogen and oxygen atoms in total. The van der Waals surface area contributed by atoms with Crippen LogP contribution in [0, 0.1) is 0 Å². The van der Waals surface area contributed by atoms with Crippen molar-refractivity contribution in [3.63, 3.8) is 0 Å². The van der Waals surface area contributed by atoms with Crippen molar-refractivity contribution < 1.29 is 0 Å². The van der Waals surface area contributed by atoms with Crippen LogP contribution in [0.25, 0.3) is 0 Å². The Kier molecular flexibility index (Phi) is 7.48. The van der Waals surface area contributed by atoms with Gasteiger partial charge in [0.2, 0.25) is 0 Å². The highest BCUT2D eigenvalue weighted by Crippen LogP contribution is 2.12. The van der Waals surface area contributed by atoms with Gasteiger partial charge in [0, 0.05) is 11.3 Å². The van der Waals surface area contributed by atoms with E-state index in [1.165, 1.54) is 25.0 Å². The van der Waals surface area contributed by atoms with Gasteiger partial charge < -0.3 is 5.73 Å². The zero-order valence-electron chi connectivity index (χ0n) is 9.01. The fourth-order valence-electron chi connectivity index (χ4n) is 1.00. The van der Waals surface area contributed by atoms with Crippen molar-refractivity contribution in [3.05, 3.63) is 12.7 Å². The van der Waals surface area contributed by atoms with Crippen LogP contribution < -0.4 is 5.73 Å². The van der Waals surface area contributed by atoms with Gasteiger partial charge in [-0.2, -0.15) is 11.8 Å². The summed E-state index contributed by atoms with van der Waals surface area (Å²) in [4.78, 5) is 0. The minimum Gasteiger partial charge on any atom is -0.325 e. The highest BCUT2D eigenvalue weighted by atomic mass is 32.2. The molecule has 0 aliphatic heterocycles.